The Morgan fingerprint density at radius 3 is 1.14 bits per heavy atom. The predicted octanol–water partition coefficient (Wildman–Crippen LogP) is 1.76. The molecule has 0 radical (unpaired) electrons. The molecule has 0 saturated carbocycles. The zero-order chi connectivity index (χ0) is 5.58. The number of alkyl halides is 3. The van der Waals surface area contributed by atoms with Crippen LogP contribution in [0.2, 0.25) is 0 Å². The van der Waals surface area contributed by atoms with Crippen LogP contribution >= 0.6 is 34.8 Å². The van der Waals surface area contributed by atoms with Crippen molar-refractivity contribution < 1.29 is 5.11 Å². The van der Waals surface area contributed by atoms with E-state index >= 15 is 0 Å². The van der Waals surface area contributed by atoms with Crippen molar-refractivity contribution in [3.8, 4) is 0 Å². The van der Waals surface area contributed by atoms with E-state index < -0.39 is 4.30 Å². The molecule has 0 fully saturated rings. The monoisotopic (exact) mass is 167 g/mol. The van der Waals surface area contributed by atoms with Gasteiger partial charge in [-0.25, -0.2) is 0 Å². The third kappa shape index (κ3) is 250. The van der Waals surface area contributed by atoms with E-state index in [-0.39, 0.29) is 6.15 Å². The van der Waals surface area contributed by atoms with Crippen LogP contribution in [-0.4, -0.2) is 16.5 Å². The van der Waals surface area contributed by atoms with E-state index in [1.54, 1.807) is 0 Å². The van der Waals surface area contributed by atoms with Crippen LogP contribution in [-0.2, 0) is 0 Å². The number of halogens is 3. The van der Waals surface area contributed by atoms with Gasteiger partial charge in [0, 0.05) is 7.11 Å². The molecule has 0 aromatic rings. The maximum atomic E-state index is 7.00. The van der Waals surface area contributed by atoms with Gasteiger partial charge >= 0.3 is 0 Å². The Balaban J connectivity index is -0.0000000480. The van der Waals surface area contributed by atoms with Crippen molar-refractivity contribution in [1.82, 2.24) is 6.15 Å². The summed E-state index contributed by atoms with van der Waals surface area (Å²) < 4.78 is -0.750. The fraction of sp³-hybridized carbons (Fsp3) is 1.00. The van der Waals surface area contributed by atoms with Gasteiger partial charge in [-0.3, -0.25) is 0 Å². The lowest BCUT2D eigenvalue weighted by atomic mass is 11.8. The Morgan fingerprint density at radius 1 is 1.14 bits per heavy atom. The first-order valence-electron chi connectivity index (χ1n) is 1.10. The van der Waals surface area contributed by atoms with Gasteiger partial charge in [0.25, 0.3) is 0 Å². The van der Waals surface area contributed by atoms with E-state index in [4.69, 9.17) is 39.9 Å². The van der Waals surface area contributed by atoms with Gasteiger partial charge in [0.15, 0.2) is 4.30 Å². The van der Waals surface area contributed by atoms with E-state index in [9.17, 15) is 0 Å². The van der Waals surface area contributed by atoms with Crippen LogP contribution in [0.4, 0.5) is 0 Å². The van der Waals surface area contributed by atoms with E-state index in [1.807, 2.05) is 0 Å². The van der Waals surface area contributed by atoms with E-state index in [2.05, 4.69) is 0 Å². The Morgan fingerprint density at radius 2 is 1.14 bits per heavy atom. The van der Waals surface area contributed by atoms with Gasteiger partial charge < -0.3 is 11.3 Å². The number of hydrogen-bond acceptors (Lipinski definition) is 2. The van der Waals surface area contributed by atoms with Gasteiger partial charge in [0.05, 0.1) is 0 Å². The summed E-state index contributed by atoms with van der Waals surface area (Å²) in [4.78, 5) is 0. The van der Waals surface area contributed by atoms with Crippen LogP contribution in [0.25, 0.3) is 0 Å². The molecular weight excluding hydrogens is 160 g/mol. The standard InChI is InChI=1S/CHCl3.CH4O.H3N/c2-1(3)4;1-2;/h1H;2H,1H3;1H3. The minimum Gasteiger partial charge on any atom is -0.400 e. The van der Waals surface area contributed by atoms with Crippen molar-refractivity contribution in [3.63, 3.8) is 0 Å². The van der Waals surface area contributed by atoms with E-state index in [0.29, 0.717) is 0 Å². The molecule has 7 heavy (non-hydrogen) atoms. The zero-order valence-corrected chi connectivity index (χ0v) is 6.13. The quantitative estimate of drug-likeness (QED) is 0.542. The number of rotatable bonds is 0. The first-order valence-corrected chi connectivity index (χ1v) is 2.41. The molecule has 48 valence electrons. The van der Waals surface area contributed by atoms with Crippen molar-refractivity contribution in [1.29, 1.82) is 0 Å². The smallest absolute Gasteiger partial charge is 0.180 e. The van der Waals surface area contributed by atoms with Crippen molar-refractivity contribution >= 4 is 34.8 Å². The number of aliphatic hydroxyl groups excluding tert-OH is 1. The molecule has 0 rings (SSSR count). The van der Waals surface area contributed by atoms with Gasteiger partial charge in [-0.05, 0) is 0 Å². The third-order valence-electron chi connectivity index (χ3n) is 0. The minimum absolute atomic E-state index is 0. The maximum Gasteiger partial charge on any atom is 0.180 e. The molecule has 0 bridgehead atoms. The maximum absolute atomic E-state index is 7.00. The fourth-order valence-electron chi connectivity index (χ4n) is 0. The van der Waals surface area contributed by atoms with Crippen LogP contribution in [0.15, 0.2) is 0 Å². The topological polar surface area (TPSA) is 55.2 Å². The molecule has 0 aliphatic heterocycles. The molecule has 2 nitrogen and oxygen atoms in total. The average Bonchev–Trinajstić information content (AvgIpc) is 1.41. The largest absolute Gasteiger partial charge is 0.400 e. The van der Waals surface area contributed by atoms with Crippen LogP contribution in [0, 0.1) is 0 Å². The van der Waals surface area contributed by atoms with Gasteiger partial charge in [0.1, 0.15) is 0 Å². The van der Waals surface area contributed by atoms with Crippen molar-refractivity contribution in [2.75, 3.05) is 7.11 Å². The molecule has 5 heteroatoms. The van der Waals surface area contributed by atoms with Gasteiger partial charge in [-0.1, -0.05) is 34.8 Å². The average molecular weight is 168 g/mol. The fourth-order valence-corrected chi connectivity index (χ4v) is 0. The molecule has 0 aliphatic rings. The normalized spacial score (nSPS) is 6.00. The van der Waals surface area contributed by atoms with E-state index in [1.165, 1.54) is 0 Å². The Bertz CT molecular complexity index is 17.7. The summed E-state index contributed by atoms with van der Waals surface area (Å²) in [5.74, 6) is 0. The second-order valence-corrected chi connectivity index (χ2v) is 2.23. The molecule has 0 unspecified atom stereocenters. The molecule has 0 atom stereocenters. The number of hydrogen-bond donors (Lipinski definition) is 2. The second kappa shape index (κ2) is 15.8. The van der Waals surface area contributed by atoms with Gasteiger partial charge in [0.2, 0.25) is 0 Å². The highest BCUT2D eigenvalue weighted by Gasteiger charge is 1.78. The highest BCUT2D eigenvalue weighted by atomic mass is 35.6. The molecular formula is C2H8Cl3NO. The van der Waals surface area contributed by atoms with Crippen molar-refractivity contribution in [2.45, 2.75) is 4.30 Å². The molecule has 0 aliphatic carbocycles. The summed E-state index contributed by atoms with van der Waals surface area (Å²) in [5.41, 5.74) is 0. The lowest BCUT2D eigenvalue weighted by molar-refractivity contribution is 0.399. The van der Waals surface area contributed by atoms with Gasteiger partial charge in [-0.2, -0.15) is 0 Å². The highest BCUT2D eigenvalue weighted by molar-refractivity contribution is 6.63. The summed E-state index contributed by atoms with van der Waals surface area (Å²) in [7, 11) is 1.00. The van der Waals surface area contributed by atoms with Gasteiger partial charge in [-0.15, -0.1) is 0 Å². The van der Waals surface area contributed by atoms with Crippen LogP contribution < -0.4 is 6.15 Å². The van der Waals surface area contributed by atoms with Crippen molar-refractivity contribution in [3.05, 3.63) is 0 Å². The lowest BCUT2D eigenvalue weighted by Crippen LogP contribution is -1.55. The predicted molar refractivity (Wildman–Crippen MR) is 34.5 cm³/mol. The van der Waals surface area contributed by atoms with Crippen LogP contribution in [0.5, 0.6) is 0 Å². The molecule has 0 aromatic carbocycles. The second-order valence-electron chi connectivity index (χ2n) is 0.247. The van der Waals surface area contributed by atoms with Crippen molar-refractivity contribution in [2.24, 2.45) is 0 Å². The SMILES string of the molecule is CO.ClC(Cl)Cl.N. The summed E-state index contributed by atoms with van der Waals surface area (Å²) in [6.45, 7) is 0. The van der Waals surface area contributed by atoms with E-state index in [0.717, 1.165) is 7.11 Å². The first kappa shape index (κ1) is 15.7. The Kier molecular flexibility index (Phi) is 35.4. The molecule has 0 aromatic heterocycles. The summed E-state index contributed by atoms with van der Waals surface area (Å²) in [6, 6.07) is 0. The molecule has 0 amide bonds. The zero-order valence-electron chi connectivity index (χ0n) is 3.87. The molecule has 0 saturated heterocycles. The summed E-state index contributed by atoms with van der Waals surface area (Å²) in [6.07, 6.45) is 0. The number of aliphatic hydroxyl groups is 1. The van der Waals surface area contributed by atoms with Crippen LogP contribution in [0.3, 0.4) is 0 Å². The Labute approximate surface area is 57.9 Å². The van der Waals surface area contributed by atoms with Crippen LogP contribution in [0.1, 0.15) is 0 Å². The molecule has 4 N–H and O–H groups in total. The minimum atomic E-state index is -0.750. The summed E-state index contributed by atoms with van der Waals surface area (Å²) >= 11 is 14.4. The highest BCUT2D eigenvalue weighted by Crippen LogP contribution is 2.03. The third-order valence-corrected chi connectivity index (χ3v) is 0. The molecule has 0 heterocycles. The first-order chi connectivity index (χ1) is 2.73. The summed E-state index contributed by atoms with van der Waals surface area (Å²) in [5, 5.41) is 7.00. The Hall–Kier alpha value is 0.790. The lowest BCUT2D eigenvalue weighted by Gasteiger charge is -1.69. The molecule has 0 spiro atoms.